The summed E-state index contributed by atoms with van der Waals surface area (Å²) in [4.78, 5) is 24.2. The van der Waals surface area contributed by atoms with Crippen LogP contribution in [-0.2, 0) is 11.3 Å². The molecule has 1 aromatic carbocycles. The van der Waals surface area contributed by atoms with Gasteiger partial charge < -0.3 is 20.1 Å². The van der Waals surface area contributed by atoms with Crippen molar-refractivity contribution in [2.75, 3.05) is 18.9 Å². The number of anilines is 1. The van der Waals surface area contributed by atoms with E-state index in [1.165, 1.54) is 0 Å². The van der Waals surface area contributed by atoms with Crippen LogP contribution in [0.3, 0.4) is 0 Å². The quantitative estimate of drug-likeness (QED) is 0.621. The minimum atomic E-state index is -0.396. The molecule has 0 saturated heterocycles. The molecule has 3 N–H and O–H groups in total. The first-order valence-corrected chi connectivity index (χ1v) is 7.93. The first-order valence-electron chi connectivity index (χ1n) is 7.93. The lowest BCUT2D eigenvalue weighted by Crippen LogP contribution is -2.19. The van der Waals surface area contributed by atoms with E-state index in [1.807, 2.05) is 10.6 Å². The maximum absolute atomic E-state index is 12.0. The number of hydrogen-bond acceptors (Lipinski definition) is 7. The Morgan fingerprint density at radius 1 is 1.28 bits per heavy atom. The molecule has 8 heteroatoms. The molecule has 0 bridgehead atoms. The van der Waals surface area contributed by atoms with Crippen LogP contribution in [0.2, 0.25) is 0 Å². The monoisotopic (exact) mass is 341 g/mol. The fourth-order valence-electron chi connectivity index (χ4n) is 2.43. The number of aromatic nitrogens is 4. The van der Waals surface area contributed by atoms with Crippen LogP contribution >= 0.6 is 0 Å². The van der Waals surface area contributed by atoms with Crippen LogP contribution in [0, 0.1) is 5.92 Å². The van der Waals surface area contributed by atoms with E-state index in [1.54, 1.807) is 36.8 Å². The van der Waals surface area contributed by atoms with Gasteiger partial charge in [0.1, 0.15) is 5.52 Å². The SMILES string of the molecule is Nc1ncc2ncn(CCC(CO)COC(=O)c3ccccc3)c2n1. The fraction of sp³-hybridized carbons (Fsp3) is 0.294. The number of aliphatic hydroxyl groups is 1. The lowest BCUT2D eigenvalue weighted by molar-refractivity contribution is 0.0373. The number of rotatable bonds is 7. The van der Waals surface area contributed by atoms with Gasteiger partial charge in [0.25, 0.3) is 0 Å². The summed E-state index contributed by atoms with van der Waals surface area (Å²) < 4.78 is 7.13. The van der Waals surface area contributed by atoms with Crippen LogP contribution in [0.25, 0.3) is 11.2 Å². The number of benzene rings is 1. The number of fused-ring (bicyclic) bond motifs is 1. The van der Waals surface area contributed by atoms with Gasteiger partial charge in [0, 0.05) is 19.1 Å². The Hall–Kier alpha value is -3.00. The molecule has 130 valence electrons. The predicted molar refractivity (Wildman–Crippen MR) is 91.7 cm³/mol. The van der Waals surface area contributed by atoms with Crippen molar-refractivity contribution in [2.24, 2.45) is 5.92 Å². The lowest BCUT2D eigenvalue weighted by atomic mass is 10.1. The van der Waals surface area contributed by atoms with Crippen LogP contribution in [-0.4, -0.2) is 43.8 Å². The van der Waals surface area contributed by atoms with Gasteiger partial charge >= 0.3 is 5.97 Å². The number of carbonyl (C=O) groups excluding carboxylic acids is 1. The number of nitrogens with two attached hydrogens (primary N) is 1. The zero-order valence-corrected chi connectivity index (χ0v) is 13.6. The van der Waals surface area contributed by atoms with Gasteiger partial charge in [0.15, 0.2) is 5.65 Å². The van der Waals surface area contributed by atoms with Gasteiger partial charge in [-0.1, -0.05) is 18.2 Å². The van der Waals surface area contributed by atoms with Crippen molar-refractivity contribution in [3.05, 3.63) is 48.4 Å². The number of carbonyl (C=O) groups is 1. The number of imidazole rings is 1. The highest BCUT2D eigenvalue weighted by atomic mass is 16.5. The van der Waals surface area contributed by atoms with E-state index in [0.717, 1.165) is 0 Å². The van der Waals surface area contributed by atoms with E-state index in [9.17, 15) is 9.90 Å². The molecule has 0 aliphatic rings. The molecule has 0 aliphatic heterocycles. The van der Waals surface area contributed by atoms with E-state index in [2.05, 4.69) is 15.0 Å². The number of nitrogen functional groups attached to an aromatic ring is 1. The van der Waals surface area contributed by atoms with E-state index < -0.39 is 5.97 Å². The van der Waals surface area contributed by atoms with Crippen molar-refractivity contribution < 1.29 is 14.6 Å². The van der Waals surface area contributed by atoms with Gasteiger partial charge in [0.2, 0.25) is 5.95 Å². The van der Waals surface area contributed by atoms with Gasteiger partial charge in [-0.25, -0.2) is 14.8 Å². The lowest BCUT2D eigenvalue weighted by Gasteiger charge is -2.15. The molecule has 0 spiro atoms. The summed E-state index contributed by atoms with van der Waals surface area (Å²) in [5.41, 5.74) is 7.40. The summed E-state index contributed by atoms with van der Waals surface area (Å²) in [5, 5.41) is 9.53. The largest absolute Gasteiger partial charge is 0.462 e. The molecular formula is C17H19N5O3. The zero-order valence-electron chi connectivity index (χ0n) is 13.6. The first kappa shape index (κ1) is 16.8. The van der Waals surface area contributed by atoms with Gasteiger partial charge in [-0.3, -0.25) is 0 Å². The van der Waals surface area contributed by atoms with Crippen molar-refractivity contribution in [2.45, 2.75) is 13.0 Å². The van der Waals surface area contributed by atoms with E-state index in [0.29, 0.717) is 29.7 Å². The second-order valence-electron chi connectivity index (χ2n) is 5.68. The number of aryl methyl sites for hydroxylation is 1. The van der Waals surface area contributed by atoms with Gasteiger partial charge in [-0.05, 0) is 18.6 Å². The van der Waals surface area contributed by atoms with Crippen LogP contribution in [0.1, 0.15) is 16.8 Å². The third kappa shape index (κ3) is 4.10. The highest BCUT2D eigenvalue weighted by molar-refractivity contribution is 5.89. The fourth-order valence-corrected chi connectivity index (χ4v) is 2.43. The highest BCUT2D eigenvalue weighted by Gasteiger charge is 2.14. The normalized spacial score (nSPS) is 12.2. The average molecular weight is 341 g/mol. The number of ether oxygens (including phenoxy) is 1. The van der Waals surface area contributed by atoms with Gasteiger partial charge in [0.05, 0.1) is 24.7 Å². The first-order chi connectivity index (χ1) is 12.2. The maximum atomic E-state index is 12.0. The highest BCUT2D eigenvalue weighted by Crippen LogP contribution is 2.13. The average Bonchev–Trinajstić information content (AvgIpc) is 3.04. The number of nitrogens with zero attached hydrogens (tertiary/aromatic N) is 4. The summed E-state index contributed by atoms with van der Waals surface area (Å²) in [6, 6.07) is 8.77. The van der Waals surface area contributed by atoms with Crippen LogP contribution in [0.4, 0.5) is 5.95 Å². The molecule has 3 rings (SSSR count). The van der Waals surface area contributed by atoms with Crippen molar-refractivity contribution in [1.82, 2.24) is 19.5 Å². The summed E-state index contributed by atoms with van der Waals surface area (Å²) in [6.07, 6.45) is 3.83. The Morgan fingerprint density at radius 3 is 2.84 bits per heavy atom. The predicted octanol–water partition coefficient (Wildman–Crippen LogP) is 1.26. The molecule has 2 aromatic heterocycles. The molecule has 3 aromatic rings. The van der Waals surface area contributed by atoms with E-state index >= 15 is 0 Å². The minimum absolute atomic E-state index is 0.0776. The Balaban J connectivity index is 1.57. The van der Waals surface area contributed by atoms with Crippen molar-refractivity contribution in [3.8, 4) is 0 Å². The number of hydrogen-bond donors (Lipinski definition) is 2. The summed E-state index contributed by atoms with van der Waals surface area (Å²) in [5.74, 6) is -0.387. The molecule has 0 saturated carbocycles. The molecule has 0 fully saturated rings. The van der Waals surface area contributed by atoms with Crippen LogP contribution < -0.4 is 5.73 Å². The zero-order chi connectivity index (χ0) is 17.6. The maximum Gasteiger partial charge on any atom is 0.338 e. The van der Waals surface area contributed by atoms with E-state index in [4.69, 9.17) is 10.5 Å². The molecule has 1 atom stereocenters. The summed E-state index contributed by atoms with van der Waals surface area (Å²) >= 11 is 0. The molecule has 0 amide bonds. The Morgan fingerprint density at radius 2 is 2.08 bits per heavy atom. The van der Waals surface area contributed by atoms with Gasteiger partial charge in [-0.15, -0.1) is 0 Å². The van der Waals surface area contributed by atoms with Crippen molar-refractivity contribution >= 4 is 23.1 Å². The van der Waals surface area contributed by atoms with Crippen LogP contribution in [0.15, 0.2) is 42.9 Å². The smallest absolute Gasteiger partial charge is 0.338 e. The Bertz CT molecular complexity index is 850. The van der Waals surface area contributed by atoms with Crippen LogP contribution in [0.5, 0.6) is 0 Å². The second-order valence-corrected chi connectivity index (χ2v) is 5.68. The second kappa shape index (κ2) is 7.71. The molecule has 25 heavy (non-hydrogen) atoms. The molecular weight excluding hydrogens is 322 g/mol. The summed E-state index contributed by atoms with van der Waals surface area (Å²) in [6.45, 7) is 0.640. The third-order valence-corrected chi connectivity index (χ3v) is 3.87. The molecule has 0 radical (unpaired) electrons. The standard InChI is InChI=1S/C17H19N5O3/c18-17-19-8-14-15(21-17)22(11-20-14)7-6-12(9-23)10-25-16(24)13-4-2-1-3-5-13/h1-5,8,11-12,23H,6-7,9-10H2,(H2,18,19,21). The summed E-state index contributed by atoms with van der Waals surface area (Å²) in [7, 11) is 0. The van der Waals surface area contributed by atoms with Crippen molar-refractivity contribution in [3.63, 3.8) is 0 Å². The molecule has 1 unspecified atom stereocenters. The topological polar surface area (TPSA) is 116 Å². The van der Waals surface area contributed by atoms with E-state index in [-0.39, 0.29) is 25.1 Å². The number of aliphatic hydroxyl groups excluding tert-OH is 1. The molecule has 8 nitrogen and oxygen atoms in total. The Kier molecular flexibility index (Phi) is 5.20. The Labute approximate surface area is 144 Å². The molecule has 0 aliphatic carbocycles. The number of esters is 1. The van der Waals surface area contributed by atoms with Crippen molar-refractivity contribution in [1.29, 1.82) is 0 Å². The molecule has 2 heterocycles. The minimum Gasteiger partial charge on any atom is -0.462 e. The van der Waals surface area contributed by atoms with Gasteiger partial charge in [-0.2, -0.15) is 4.98 Å². The third-order valence-electron chi connectivity index (χ3n) is 3.87.